The summed E-state index contributed by atoms with van der Waals surface area (Å²) in [6.07, 6.45) is -5.60. The van der Waals surface area contributed by atoms with E-state index in [2.05, 4.69) is 4.99 Å². The minimum atomic E-state index is -4.93. The molecule has 2 unspecified atom stereocenters. The quantitative estimate of drug-likeness (QED) is 0.353. The molecule has 10 heteroatoms. The topological polar surface area (TPSA) is 65.0 Å². The van der Waals surface area contributed by atoms with Gasteiger partial charge in [-0.3, -0.25) is 4.99 Å². The first-order valence-corrected chi connectivity index (χ1v) is 12.7. The molecule has 2 aromatic rings. The average molecular weight is 572 g/mol. The molecule has 0 aliphatic carbocycles. The predicted molar refractivity (Wildman–Crippen MR) is 141 cm³/mol. The van der Waals surface area contributed by atoms with Gasteiger partial charge in [0.1, 0.15) is 16.6 Å². The molecule has 0 amide bonds. The van der Waals surface area contributed by atoms with Crippen LogP contribution in [0.15, 0.2) is 41.4 Å². The second kappa shape index (κ2) is 10.2. The van der Waals surface area contributed by atoms with Crippen LogP contribution in [0.4, 0.5) is 13.2 Å². The van der Waals surface area contributed by atoms with E-state index in [0.717, 1.165) is 12.1 Å². The summed E-state index contributed by atoms with van der Waals surface area (Å²) in [5.41, 5.74) is -3.71. The lowest BCUT2D eigenvalue weighted by Crippen LogP contribution is -2.53. The van der Waals surface area contributed by atoms with E-state index in [1.54, 1.807) is 54.5 Å². The number of nitrogens with zero attached hydrogens (tertiary/aromatic N) is 1. The Morgan fingerprint density at radius 3 is 1.95 bits per heavy atom. The van der Waals surface area contributed by atoms with E-state index < -0.39 is 47.2 Å². The lowest BCUT2D eigenvalue weighted by Gasteiger charge is -2.37. The highest BCUT2D eigenvalue weighted by Crippen LogP contribution is 2.53. The van der Waals surface area contributed by atoms with E-state index in [0.29, 0.717) is 11.1 Å². The molecule has 0 spiro atoms. The first kappa shape index (κ1) is 30.0. The largest absolute Gasteiger partial charge is 0.458 e. The molecular formula is C28H30Cl2F3NO4. The fourth-order valence-electron chi connectivity index (χ4n) is 4.36. The number of benzene rings is 2. The Kier molecular flexibility index (Phi) is 8.04. The monoisotopic (exact) mass is 571 g/mol. The van der Waals surface area contributed by atoms with Crippen LogP contribution in [0.2, 0.25) is 10.0 Å². The molecule has 3 rings (SSSR count). The summed E-state index contributed by atoms with van der Waals surface area (Å²) in [6, 6.07) is 6.19. The number of rotatable bonds is 4. The predicted octanol–water partition coefficient (Wildman–Crippen LogP) is 7.66. The van der Waals surface area contributed by atoms with Crippen LogP contribution in [0.1, 0.15) is 75.0 Å². The summed E-state index contributed by atoms with van der Waals surface area (Å²) < 4.78 is 56.0. The molecule has 1 aliphatic heterocycles. The molecule has 1 heterocycles. The van der Waals surface area contributed by atoms with E-state index in [4.69, 9.17) is 32.7 Å². The number of halogens is 5. The van der Waals surface area contributed by atoms with Gasteiger partial charge in [-0.05, 0) is 95.5 Å². The van der Waals surface area contributed by atoms with Gasteiger partial charge in [0.15, 0.2) is 6.04 Å². The molecule has 0 fully saturated rings. The van der Waals surface area contributed by atoms with Crippen LogP contribution in [-0.2, 0) is 19.7 Å². The van der Waals surface area contributed by atoms with Crippen LogP contribution in [0, 0.1) is 6.92 Å². The molecule has 0 saturated heterocycles. The van der Waals surface area contributed by atoms with E-state index in [1.807, 2.05) is 0 Å². The minimum absolute atomic E-state index is 0.00919. The molecule has 0 aromatic heterocycles. The van der Waals surface area contributed by atoms with Crippen molar-refractivity contribution in [1.29, 1.82) is 0 Å². The number of esters is 2. The molecule has 206 valence electrons. The lowest BCUT2D eigenvalue weighted by atomic mass is 9.71. The Morgan fingerprint density at radius 1 is 0.921 bits per heavy atom. The molecule has 5 nitrogen and oxygen atoms in total. The highest BCUT2D eigenvalue weighted by Gasteiger charge is 2.66. The zero-order chi connectivity index (χ0) is 28.8. The maximum absolute atomic E-state index is 15.1. The average Bonchev–Trinajstić information content (AvgIpc) is 3.13. The zero-order valence-corrected chi connectivity index (χ0v) is 23.7. The van der Waals surface area contributed by atoms with Crippen molar-refractivity contribution in [2.24, 2.45) is 4.99 Å². The summed E-state index contributed by atoms with van der Waals surface area (Å²) in [6.45, 7) is 11.5. The summed E-state index contributed by atoms with van der Waals surface area (Å²) >= 11 is 12.2. The third-order valence-corrected chi connectivity index (χ3v) is 6.33. The van der Waals surface area contributed by atoms with Crippen molar-refractivity contribution in [3.63, 3.8) is 0 Å². The van der Waals surface area contributed by atoms with Crippen LogP contribution in [0.3, 0.4) is 0 Å². The van der Waals surface area contributed by atoms with Gasteiger partial charge in [0, 0.05) is 22.2 Å². The Bertz CT molecular complexity index is 1270. The third-order valence-electron chi connectivity index (χ3n) is 5.89. The second-order valence-corrected chi connectivity index (χ2v) is 12.2. The molecule has 0 N–H and O–H groups in total. The number of carbonyl (C=O) groups excluding carboxylic acids is 2. The van der Waals surface area contributed by atoms with Gasteiger partial charge in [-0.1, -0.05) is 29.3 Å². The Balaban J connectivity index is 2.17. The maximum Gasteiger partial charge on any atom is 0.401 e. The second-order valence-electron chi connectivity index (χ2n) is 11.3. The van der Waals surface area contributed by atoms with Gasteiger partial charge in [-0.2, -0.15) is 13.2 Å². The summed E-state index contributed by atoms with van der Waals surface area (Å²) in [5, 5.41) is -0.0184. The first-order chi connectivity index (χ1) is 17.2. The number of aliphatic imine (C=N–C) groups is 1. The number of hydrogen-bond acceptors (Lipinski definition) is 5. The van der Waals surface area contributed by atoms with Gasteiger partial charge in [0.25, 0.3) is 0 Å². The first-order valence-electron chi connectivity index (χ1n) is 11.9. The van der Waals surface area contributed by atoms with E-state index in [9.17, 15) is 9.59 Å². The van der Waals surface area contributed by atoms with Crippen molar-refractivity contribution in [1.82, 2.24) is 0 Å². The summed E-state index contributed by atoms with van der Waals surface area (Å²) in [4.78, 5) is 30.1. The van der Waals surface area contributed by atoms with Crippen molar-refractivity contribution in [2.45, 2.75) is 83.7 Å². The van der Waals surface area contributed by atoms with Crippen LogP contribution >= 0.6 is 23.2 Å². The SMILES string of the molecule is Cc1cc(C2=NC(C(=O)OC(C)(C)C)C(c3cc(Cl)cc(Cl)c3)(C(F)(F)F)C2)ccc1C(=O)OC(C)(C)C. The van der Waals surface area contributed by atoms with Gasteiger partial charge in [-0.15, -0.1) is 0 Å². The van der Waals surface area contributed by atoms with Gasteiger partial charge in [0.05, 0.1) is 5.56 Å². The summed E-state index contributed by atoms with van der Waals surface area (Å²) in [7, 11) is 0. The van der Waals surface area contributed by atoms with Crippen LogP contribution in [-0.4, -0.2) is 41.1 Å². The van der Waals surface area contributed by atoms with Gasteiger partial charge in [0.2, 0.25) is 0 Å². The van der Waals surface area contributed by atoms with Crippen molar-refractivity contribution >= 4 is 40.9 Å². The molecule has 0 radical (unpaired) electrons. The molecule has 1 aliphatic rings. The third kappa shape index (κ3) is 6.34. The highest BCUT2D eigenvalue weighted by atomic mass is 35.5. The van der Waals surface area contributed by atoms with Crippen molar-refractivity contribution in [2.75, 3.05) is 0 Å². The van der Waals surface area contributed by atoms with Crippen molar-refractivity contribution in [3.8, 4) is 0 Å². The summed E-state index contributed by atoms with van der Waals surface area (Å²) in [5.74, 6) is -1.68. The normalized spacial score (nSPS) is 20.2. The van der Waals surface area contributed by atoms with E-state index in [-0.39, 0.29) is 26.9 Å². The van der Waals surface area contributed by atoms with Crippen LogP contribution in [0.5, 0.6) is 0 Å². The molecule has 0 saturated carbocycles. The fraction of sp³-hybridized carbons (Fsp3) is 0.464. The molecule has 0 bridgehead atoms. The van der Waals surface area contributed by atoms with Gasteiger partial charge < -0.3 is 9.47 Å². The van der Waals surface area contributed by atoms with E-state index in [1.165, 1.54) is 18.2 Å². The Hall–Kier alpha value is -2.58. The number of aryl methyl sites for hydroxylation is 1. The molecule has 38 heavy (non-hydrogen) atoms. The highest BCUT2D eigenvalue weighted by molar-refractivity contribution is 6.34. The Labute approximate surface area is 230 Å². The van der Waals surface area contributed by atoms with Crippen molar-refractivity contribution < 1.29 is 32.2 Å². The van der Waals surface area contributed by atoms with E-state index >= 15 is 13.2 Å². The maximum atomic E-state index is 15.1. The number of ether oxygens (including phenoxy) is 2. The molecule has 2 aromatic carbocycles. The number of alkyl halides is 3. The zero-order valence-electron chi connectivity index (χ0n) is 22.2. The van der Waals surface area contributed by atoms with Crippen molar-refractivity contribution in [3.05, 3.63) is 68.7 Å². The molecule has 2 atom stereocenters. The number of hydrogen-bond donors (Lipinski definition) is 0. The lowest BCUT2D eigenvalue weighted by molar-refractivity contribution is -0.202. The fourth-order valence-corrected chi connectivity index (χ4v) is 4.88. The van der Waals surface area contributed by atoms with Gasteiger partial charge in [-0.25, -0.2) is 9.59 Å². The molecular weight excluding hydrogens is 542 g/mol. The minimum Gasteiger partial charge on any atom is -0.458 e. The smallest absolute Gasteiger partial charge is 0.401 e. The standard InChI is InChI=1S/C28H30Cl2F3NO4/c1-15-10-16(8-9-20(15)23(35)37-25(2,3)4)21-14-27(28(31,32)33,17-11-18(29)13-19(30)12-17)22(34-21)24(36)38-26(5,6)7/h8-13,22H,14H2,1-7H3. The van der Waals surface area contributed by atoms with Crippen LogP contribution < -0.4 is 0 Å². The van der Waals surface area contributed by atoms with Crippen LogP contribution in [0.25, 0.3) is 0 Å². The number of carbonyl (C=O) groups is 2. The van der Waals surface area contributed by atoms with Gasteiger partial charge >= 0.3 is 18.1 Å². The Morgan fingerprint density at radius 2 is 1.47 bits per heavy atom.